The summed E-state index contributed by atoms with van der Waals surface area (Å²) in [6.07, 6.45) is -0.991. The summed E-state index contributed by atoms with van der Waals surface area (Å²) < 4.78 is 44.5. The summed E-state index contributed by atoms with van der Waals surface area (Å²) in [7, 11) is 1.57. The lowest BCUT2D eigenvalue weighted by Gasteiger charge is -2.15. The fraction of sp³-hybridized carbons (Fsp3) is 0.217. The molecule has 2 heterocycles. The maximum Gasteiger partial charge on any atom is 0.260 e. The lowest BCUT2D eigenvalue weighted by atomic mass is 10.2. The highest BCUT2D eigenvalue weighted by molar-refractivity contribution is 5.80. The van der Waals surface area contributed by atoms with E-state index in [-0.39, 0.29) is 18.9 Å². The van der Waals surface area contributed by atoms with E-state index in [1.807, 2.05) is 24.3 Å². The molecule has 0 aliphatic rings. The molecule has 0 fully saturated rings. The molecule has 2 aromatic carbocycles. The Morgan fingerprint density at radius 1 is 1.09 bits per heavy atom. The Hall–Kier alpha value is -4.28. The number of nitrogens with zero attached hydrogens (tertiary/aromatic N) is 4. The Labute approximate surface area is 193 Å². The van der Waals surface area contributed by atoms with Crippen LogP contribution in [-0.4, -0.2) is 52.1 Å². The van der Waals surface area contributed by atoms with Crippen LogP contribution in [-0.2, 0) is 4.79 Å². The number of methoxy groups -OCH3 is 1. The minimum absolute atomic E-state index is 0.119. The Morgan fingerprint density at radius 3 is 2.71 bits per heavy atom. The predicted molar refractivity (Wildman–Crippen MR) is 118 cm³/mol. The molecule has 11 heteroatoms. The van der Waals surface area contributed by atoms with Crippen LogP contribution in [0, 0.1) is 11.6 Å². The van der Waals surface area contributed by atoms with Gasteiger partial charge in [-0.3, -0.25) is 4.79 Å². The van der Waals surface area contributed by atoms with Gasteiger partial charge in [-0.2, -0.15) is 4.52 Å². The van der Waals surface area contributed by atoms with E-state index in [0.29, 0.717) is 29.2 Å². The molecule has 0 saturated carbocycles. The number of amides is 1. The number of benzene rings is 2. The summed E-state index contributed by atoms with van der Waals surface area (Å²) in [6, 6.07) is 13.6. The number of hydrogen-bond acceptors (Lipinski definition) is 7. The van der Waals surface area contributed by atoms with Crippen molar-refractivity contribution in [2.24, 2.45) is 0 Å². The van der Waals surface area contributed by atoms with Crippen LogP contribution in [0.2, 0.25) is 0 Å². The molecule has 1 N–H and O–H groups in total. The quantitative estimate of drug-likeness (QED) is 0.376. The van der Waals surface area contributed by atoms with E-state index >= 15 is 0 Å². The lowest BCUT2D eigenvalue weighted by molar-refractivity contribution is -0.127. The van der Waals surface area contributed by atoms with Gasteiger partial charge in [0.25, 0.3) is 5.91 Å². The van der Waals surface area contributed by atoms with E-state index in [2.05, 4.69) is 20.6 Å². The third kappa shape index (κ3) is 5.03. The zero-order chi connectivity index (χ0) is 24.1. The number of para-hydroxylation sites is 1. The number of halogens is 2. The van der Waals surface area contributed by atoms with Crippen LogP contribution in [0.3, 0.4) is 0 Å². The molecule has 0 radical (unpaired) electrons. The van der Waals surface area contributed by atoms with Crippen molar-refractivity contribution in [2.45, 2.75) is 13.0 Å². The van der Waals surface area contributed by atoms with Gasteiger partial charge >= 0.3 is 0 Å². The van der Waals surface area contributed by atoms with Crippen molar-refractivity contribution in [3.8, 4) is 28.8 Å². The zero-order valence-electron chi connectivity index (χ0n) is 18.4. The van der Waals surface area contributed by atoms with Crippen LogP contribution in [0.1, 0.15) is 6.92 Å². The molecule has 34 heavy (non-hydrogen) atoms. The molecule has 2 aromatic heterocycles. The van der Waals surface area contributed by atoms with Gasteiger partial charge in [-0.15, -0.1) is 15.3 Å². The van der Waals surface area contributed by atoms with Crippen LogP contribution in [0.5, 0.6) is 17.4 Å². The molecular formula is C23H21F2N5O4. The monoisotopic (exact) mass is 469 g/mol. The average molecular weight is 469 g/mol. The summed E-state index contributed by atoms with van der Waals surface area (Å²) in [6.45, 7) is 1.73. The van der Waals surface area contributed by atoms with Crippen molar-refractivity contribution >= 4 is 11.6 Å². The van der Waals surface area contributed by atoms with Gasteiger partial charge < -0.3 is 19.5 Å². The number of aromatic nitrogens is 4. The number of ether oxygens (including phenoxy) is 3. The third-order valence-electron chi connectivity index (χ3n) is 4.80. The molecule has 1 amide bonds. The molecular weight excluding hydrogens is 448 g/mol. The molecule has 0 aliphatic carbocycles. The summed E-state index contributed by atoms with van der Waals surface area (Å²) in [5.41, 5.74) is 1.25. The fourth-order valence-electron chi connectivity index (χ4n) is 3.13. The third-order valence-corrected chi connectivity index (χ3v) is 4.80. The second-order valence-electron chi connectivity index (χ2n) is 7.14. The van der Waals surface area contributed by atoms with Crippen molar-refractivity contribution in [1.82, 2.24) is 25.1 Å². The van der Waals surface area contributed by atoms with Crippen LogP contribution in [0.15, 0.2) is 54.6 Å². The minimum atomic E-state index is -0.991. The number of hydrogen-bond donors (Lipinski definition) is 1. The predicted octanol–water partition coefficient (Wildman–Crippen LogP) is 3.04. The highest BCUT2D eigenvalue weighted by Gasteiger charge is 2.17. The van der Waals surface area contributed by atoms with Crippen molar-refractivity contribution in [1.29, 1.82) is 0 Å². The smallest absolute Gasteiger partial charge is 0.260 e. The van der Waals surface area contributed by atoms with Gasteiger partial charge in [-0.05, 0) is 37.3 Å². The summed E-state index contributed by atoms with van der Waals surface area (Å²) >= 11 is 0. The lowest BCUT2D eigenvalue weighted by Crippen LogP contribution is -2.38. The van der Waals surface area contributed by atoms with Gasteiger partial charge in [0.15, 0.2) is 29.1 Å². The van der Waals surface area contributed by atoms with Crippen LogP contribution < -0.4 is 19.5 Å². The Balaban J connectivity index is 1.34. The van der Waals surface area contributed by atoms with E-state index in [4.69, 9.17) is 14.2 Å². The first kappa shape index (κ1) is 22.9. The standard InChI is InChI=1S/C23H21F2N5O4/c1-14(34-19-8-7-15(24)13-17(19)25)23(31)26-11-12-33-21-10-9-20-27-28-22(30(20)29-21)16-5-3-4-6-18(16)32-2/h3-10,13-14H,11-12H2,1-2H3,(H,26,31). The van der Waals surface area contributed by atoms with E-state index in [1.165, 1.54) is 6.92 Å². The minimum Gasteiger partial charge on any atom is -0.496 e. The van der Waals surface area contributed by atoms with Crippen LogP contribution in [0.25, 0.3) is 17.0 Å². The molecule has 4 rings (SSSR count). The maximum atomic E-state index is 13.7. The molecule has 0 saturated heterocycles. The van der Waals surface area contributed by atoms with Gasteiger partial charge in [-0.1, -0.05) is 12.1 Å². The zero-order valence-corrected chi connectivity index (χ0v) is 18.4. The van der Waals surface area contributed by atoms with Gasteiger partial charge in [0.1, 0.15) is 18.2 Å². The molecule has 0 aliphatic heterocycles. The number of rotatable bonds is 9. The topological polar surface area (TPSA) is 99.9 Å². The van der Waals surface area contributed by atoms with E-state index in [1.54, 1.807) is 23.8 Å². The average Bonchev–Trinajstić information content (AvgIpc) is 3.26. The summed E-state index contributed by atoms with van der Waals surface area (Å²) in [4.78, 5) is 12.2. The fourth-order valence-corrected chi connectivity index (χ4v) is 3.13. The van der Waals surface area contributed by atoms with Gasteiger partial charge in [0, 0.05) is 12.1 Å². The van der Waals surface area contributed by atoms with E-state index < -0.39 is 23.6 Å². The maximum absolute atomic E-state index is 13.7. The van der Waals surface area contributed by atoms with E-state index in [0.717, 1.165) is 17.7 Å². The highest BCUT2D eigenvalue weighted by Crippen LogP contribution is 2.28. The van der Waals surface area contributed by atoms with Crippen LogP contribution in [0.4, 0.5) is 8.78 Å². The molecule has 0 bridgehead atoms. The molecule has 1 atom stereocenters. The number of nitrogens with one attached hydrogen (secondary N) is 1. The van der Waals surface area contributed by atoms with Crippen LogP contribution >= 0.6 is 0 Å². The van der Waals surface area contributed by atoms with Crippen molar-refractivity contribution in [3.63, 3.8) is 0 Å². The first-order valence-corrected chi connectivity index (χ1v) is 10.3. The SMILES string of the molecule is COc1ccccc1-c1nnc2ccc(OCCNC(=O)C(C)Oc3ccc(F)cc3F)nn12. The van der Waals surface area contributed by atoms with E-state index in [9.17, 15) is 13.6 Å². The largest absolute Gasteiger partial charge is 0.496 e. The second kappa shape index (κ2) is 10.1. The Morgan fingerprint density at radius 2 is 1.91 bits per heavy atom. The Bertz CT molecular complexity index is 1310. The van der Waals surface area contributed by atoms with Crippen molar-refractivity contribution in [3.05, 3.63) is 66.2 Å². The molecule has 4 aromatic rings. The van der Waals surface area contributed by atoms with Gasteiger partial charge in [0.2, 0.25) is 5.88 Å². The molecule has 176 valence electrons. The second-order valence-corrected chi connectivity index (χ2v) is 7.14. The number of fused-ring (bicyclic) bond motifs is 1. The molecule has 9 nitrogen and oxygen atoms in total. The van der Waals surface area contributed by atoms with Crippen molar-refractivity contribution in [2.75, 3.05) is 20.3 Å². The first-order chi connectivity index (χ1) is 16.5. The number of carbonyl (C=O) groups excluding carboxylic acids is 1. The highest BCUT2D eigenvalue weighted by atomic mass is 19.1. The summed E-state index contributed by atoms with van der Waals surface area (Å²) in [5, 5.41) is 15.4. The number of carbonyl (C=O) groups is 1. The molecule has 0 spiro atoms. The normalized spacial score (nSPS) is 11.8. The molecule has 1 unspecified atom stereocenters. The first-order valence-electron chi connectivity index (χ1n) is 10.3. The Kier molecular flexibility index (Phi) is 6.81. The summed E-state index contributed by atoms with van der Waals surface area (Å²) in [5.74, 6) is -0.881. The van der Waals surface area contributed by atoms with Gasteiger partial charge in [-0.25, -0.2) is 8.78 Å². The van der Waals surface area contributed by atoms with Gasteiger partial charge in [0.05, 0.1) is 19.2 Å². The van der Waals surface area contributed by atoms with Crippen molar-refractivity contribution < 1.29 is 27.8 Å².